The molecule has 2 aromatic rings. The Balaban J connectivity index is 2.42. The van der Waals surface area contributed by atoms with Crippen LogP contribution in [0, 0.1) is 0 Å². The Morgan fingerprint density at radius 3 is 2.50 bits per heavy atom. The third-order valence-corrected chi connectivity index (χ3v) is 3.85. The van der Waals surface area contributed by atoms with Gasteiger partial charge in [0.25, 0.3) is 0 Å². The highest BCUT2D eigenvalue weighted by Gasteiger charge is 2.15. The minimum Gasteiger partial charge on any atom is -0.469 e. The predicted octanol–water partition coefficient (Wildman–Crippen LogP) is 3.84. The van der Waals surface area contributed by atoms with Crippen LogP contribution in [0.4, 0.5) is 0 Å². The van der Waals surface area contributed by atoms with E-state index in [1.807, 2.05) is 13.0 Å². The van der Waals surface area contributed by atoms with Gasteiger partial charge in [-0.2, -0.15) is 0 Å². The summed E-state index contributed by atoms with van der Waals surface area (Å²) in [5, 5.41) is 2.35. The Kier molecular flexibility index (Phi) is 3.92. The molecule has 0 fully saturated rings. The molecule has 0 bridgehead atoms. The lowest BCUT2D eigenvalue weighted by Crippen LogP contribution is -2.10. The molecule has 0 heterocycles. The molecule has 0 aliphatic rings. The number of ether oxygens (including phenoxy) is 1. The molecular formula is C15H16O2S. The monoisotopic (exact) mass is 260 g/mol. The van der Waals surface area contributed by atoms with Crippen LogP contribution in [0.3, 0.4) is 0 Å². The van der Waals surface area contributed by atoms with Crippen molar-refractivity contribution < 1.29 is 9.53 Å². The molecular weight excluding hydrogens is 244 g/mol. The van der Waals surface area contributed by atoms with Crippen molar-refractivity contribution in [1.82, 2.24) is 0 Å². The third-order valence-electron chi connectivity index (χ3n) is 3.13. The molecule has 0 saturated heterocycles. The minimum atomic E-state index is -0.223. The summed E-state index contributed by atoms with van der Waals surface area (Å²) in [4.78, 5) is 12.8. The van der Waals surface area contributed by atoms with Gasteiger partial charge < -0.3 is 4.74 Å². The first kappa shape index (κ1) is 13.0. The maximum absolute atomic E-state index is 11.5. The standard InChI is InChI=1S/C15H16O2S/c1-10(15(16)17-2)11-4-5-13-9-14(18-3)7-6-12(13)8-11/h4-10H,1-3H3. The van der Waals surface area contributed by atoms with Gasteiger partial charge in [-0.25, -0.2) is 0 Å². The second-order valence-corrected chi connectivity index (χ2v) is 5.10. The van der Waals surface area contributed by atoms with E-state index in [4.69, 9.17) is 4.74 Å². The van der Waals surface area contributed by atoms with Gasteiger partial charge in [0.1, 0.15) is 0 Å². The molecule has 2 aromatic carbocycles. The fourth-order valence-electron chi connectivity index (χ4n) is 1.95. The van der Waals surface area contributed by atoms with Crippen LogP contribution < -0.4 is 0 Å². The Labute approximate surface area is 111 Å². The van der Waals surface area contributed by atoms with Gasteiger partial charge in [-0.1, -0.05) is 24.3 Å². The van der Waals surface area contributed by atoms with E-state index in [-0.39, 0.29) is 11.9 Å². The van der Waals surface area contributed by atoms with Crippen LogP contribution in [0.5, 0.6) is 0 Å². The van der Waals surface area contributed by atoms with Crippen molar-refractivity contribution in [2.24, 2.45) is 0 Å². The molecule has 0 amide bonds. The summed E-state index contributed by atoms with van der Waals surface area (Å²) in [6.07, 6.45) is 2.06. The zero-order valence-corrected chi connectivity index (χ0v) is 11.6. The number of rotatable bonds is 3. The molecule has 0 aromatic heterocycles. The average molecular weight is 260 g/mol. The number of fused-ring (bicyclic) bond motifs is 1. The molecule has 0 spiro atoms. The summed E-state index contributed by atoms with van der Waals surface area (Å²) in [5.74, 6) is -0.422. The van der Waals surface area contributed by atoms with Crippen molar-refractivity contribution in [1.29, 1.82) is 0 Å². The van der Waals surface area contributed by atoms with Crippen LogP contribution in [0.1, 0.15) is 18.4 Å². The lowest BCUT2D eigenvalue weighted by atomic mass is 9.98. The van der Waals surface area contributed by atoms with Gasteiger partial charge in [-0.15, -0.1) is 11.8 Å². The number of hydrogen-bond acceptors (Lipinski definition) is 3. The quantitative estimate of drug-likeness (QED) is 0.619. The Morgan fingerprint density at radius 1 is 1.17 bits per heavy atom. The fourth-order valence-corrected chi connectivity index (χ4v) is 2.40. The van der Waals surface area contributed by atoms with E-state index in [1.165, 1.54) is 17.4 Å². The molecule has 0 radical (unpaired) electrons. The van der Waals surface area contributed by atoms with E-state index in [9.17, 15) is 4.79 Å². The minimum absolute atomic E-state index is 0.199. The Hall–Kier alpha value is -1.48. The highest BCUT2D eigenvalue weighted by molar-refractivity contribution is 7.98. The topological polar surface area (TPSA) is 26.3 Å². The second kappa shape index (κ2) is 5.44. The third kappa shape index (κ3) is 2.51. The Bertz CT molecular complexity index is 578. The summed E-state index contributed by atoms with van der Waals surface area (Å²) in [7, 11) is 1.42. The van der Waals surface area contributed by atoms with Gasteiger partial charge in [-0.05, 0) is 41.6 Å². The smallest absolute Gasteiger partial charge is 0.312 e. The van der Waals surface area contributed by atoms with Gasteiger partial charge >= 0.3 is 5.97 Å². The molecule has 0 N–H and O–H groups in total. The molecule has 2 rings (SSSR count). The Morgan fingerprint density at radius 2 is 1.83 bits per heavy atom. The zero-order chi connectivity index (χ0) is 13.1. The summed E-state index contributed by atoms with van der Waals surface area (Å²) >= 11 is 1.73. The first-order valence-electron chi connectivity index (χ1n) is 5.81. The van der Waals surface area contributed by atoms with E-state index in [0.717, 1.165) is 10.9 Å². The molecule has 3 heteroatoms. The van der Waals surface area contributed by atoms with Crippen LogP contribution in [0.25, 0.3) is 10.8 Å². The van der Waals surface area contributed by atoms with Crippen molar-refractivity contribution in [3.63, 3.8) is 0 Å². The SMILES string of the molecule is COC(=O)C(C)c1ccc2cc(SC)ccc2c1. The fraction of sp³-hybridized carbons (Fsp3) is 0.267. The summed E-state index contributed by atoms with van der Waals surface area (Å²) in [5.41, 5.74) is 0.992. The molecule has 0 aliphatic carbocycles. The second-order valence-electron chi connectivity index (χ2n) is 4.22. The number of thioether (sulfide) groups is 1. The van der Waals surface area contributed by atoms with Gasteiger partial charge in [0.2, 0.25) is 0 Å². The molecule has 94 valence electrons. The van der Waals surface area contributed by atoms with E-state index in [0.29, 0.717) is 0 Å². The number of esters is 1. The number of benzene rings is 2. The van der Waals surface area contributed by atoms with E-state index >= 15 is 0 Å². The zero-order valence-electron chi connectivity index (χ0n) is 10.8. The summed E-state index contributed by atoms with van der Waals surface area (Å²) in [6, 6.07) is 12.5. The highest BCUT2D eigenvalue weighted by atomic mass is 32.2. The van der Waals surface area contributed by atoms with Gasteiger partial charge in [0.05, 0.1) is 13.0 Å². The number of carbonyl (C=O) groups is 1. The average Bonchev–Trinajstić information content (AvgIpc) is 2.44. The number of methoxy groups -OCH3 is 1. The molecule has 0 aliphatic heterocycles. The van der Waals surface area contributed by atoms with E-state index in [2.05, 4.69) is 36.6 Å². The van der Waals surface area contributed by atoms with E-state index in [1.54, 1.807) is 11.8 Å². The van der Waals surface area contributed by atoms with Crippen LogP contribution in [0.2, 0.25) is 0 Å². The van der Waals surface area contributed by atoms with Gasteiger partial charge in [0, 0.05) is 4.90 Å². The predicted molar refractivity (Wildman–Crippen MR) is 76.2 cm³/mol. The molecule has 2 nitrogen and oxygen atoms in total. The molecule has 18 heavy (non-hydrogen) atoms. The number of hydrogen-bond donors (Lipinski definition) is 0. The van der Waals surface area contributed by atoms with Crippen molar-refractivity contribution in [2.45, 2.75) is 17.7 Å². The van der Waals surface area contributed by atoms with Crippen LogP contribution in [-0.4, -0.2) is 19.3 Å². The van der Waals surface area contributed by atoms with Gasteiger partial charge in [-0.3, -0.25) is 4.79 Å². The lowest BCUT2D eigenvalue weighted by Gasteiger charge is -2.10. The number of carbonyl (C=O) groups excluding carboxylic acids is 1. The first-order chi connectivity index (χ1) is 8.65. The molecule has 0 saturated carbocycles. The van der Waals surface area contributed by atoms with E-state index < -0.39 is 0 Å². The maximum atomic E-state index is 11.5. The van der Waals surface area contributed by atoms with Crippen LogP contribution in [0.15, 0.2) is 41.3 Å². The highest BCUT2D eigenvalue weighted by Crippen LogP contribution is 2.26. The summed E-state index contributed by atoms with van der Waals surface area (Å²) < 4.78 is 4.77. The van der Waals surface area contributed by atoms with Crippen molar-refractivity contribution in [3.8, 4) is 0 Å². The van der Waals surface area contributed by atoms with Gasteiger partial charge in [0.15, 0.2) is 0 Å². The van der Waals surface area contributed by atoms with Crippen molar-refractivity contribution in [3.05, 3.63) is 42.0 Å². The van der Waals surface area contributed by atoms with Crippen molar-refractivity contribution in [2.75, 3.05) is 13.4 Å². The normalized spacial score (nSPS) is 12.4. The lowest BCUT2D eigenvalue weighted by molar-refractivity contribution is -0.141. The van der Waals surface area contributed by atoms with Crippen molar-refractivity contribution >= 4 is 28.5 Å². The van der Waals surface area contributed by atoms with Crippen LogP contribution in [-0.2, 0) is 9.53 Å². The first-order valence-corrected chi connectivity index (χ1v) is 7.03. The van der Waals surface area contributed by atoms with Crippen LogP contribution >= 0.6 is 11.8 Å². The largest absolute Gasteiger partial charge is 0.469 e. The molecule has 1 atom stereocenters. The molecule has 1 unspecified atom stereocenters. The summed E-state index contributed by atoms with van der Waals surface area (Å²) in [6.45, 7) is 1.86. The maximum Gasteiger partial charge on any atom is 0.312 e.